The predicted molar refractivity (Wildman–Crippen MR) is 58.4 cm³/mol. The Morgan fingerprint density at radius 2 is 2.35 bits per heavy atom. The molecule has 0 aliphatic carbocycles. The summed E-state index contributed by atoms with van der Waals surface area (Å²) in [7, 11) is 1.19. The van der Waals surface area contributed by atoms with Crippen LogP contribution in [0.2, 0.25) is 0 Å². The molecule has 0 aromatic heterocycles. The molecule has 0 saturated carbocycles. The quantitative estimate of drug-likeness (QED) is 0.280. The van der Waals surface area contributed by atoms with Gasteiger partial charge in [-0.1, -0.05) is 6.07 Å². The Morgan fingerprint density at radius 1 is 1.65 bits per heavy atom. The van der Waals surface area contributed by atoms with Crippen LogP contribution in [0.25, 0.3) is 0 Å². The van der Waals surface area contributed by atoms with Gasteiger partial charge in [-0.05, 0) is 6.07 Å². The zero-order valence-electron chi connectivity index (χ0n) is 8.99. The number of nitro benzene ring substituents is 1. The van der Waals surface area contributed by atoms with Gasteiger partial charge < -0.3 is 9.94 Å². The highest BCUT2D eigenvalue weighted by Crippen LogP contribution is 2.21. The van der Waals surface area contributed by atoms with Crippen molar-refractivity contribution in [1.82, 2.24) is 0 Å². The van der Waals surface area contributed by atoms with Gasteiger partial charge >= 0.3 is 5.97 Å². The molecule has 0 bridgehead atoms. The summed E-state index contributed by atoms with van der Waals surface area (Å²) in [5.74, 6) is -0.643. The van der Waals surface area contributed by atoms with Gasteiger partial charge in [0.25, 0.3) is 5.69 Å². The van der Waals surface area contributed by atoms with Crippen LogP contribution in [0.4, 0.5) is 5.69 Å². The smallest absolute Gasteiger partial charge is 0.338 e. The second-order valence-electron chi connectivity index (χ2n) is 3.09. The van der Waals surface area contributed by atoms with Crippen molar-refractivity contribution in [3.8, 4) is 0 Å². The van der Waals surface area contributed by atoms with Gasteiger partial charge in [0.2, 0.25) is 0 Å². The molecule has 1 rings (SSSR count). The number of oxime groups is 1. The Bertz CT molecular complexity index is 470. The summed E-state index contributed by atoms with van der Waals surface area (Å²) >= 11 is 0. The fourth-order valence-electron chi connectivity index (χ4n) is 1.29. The SMILES string of the molecule is COC(=O)c1ccc(CC=NO)c([N+](=O)[O-])c1. The summed E-state index contributed by atoms with van der Waals surface area (Å²) in [5, 5.41) is 21.8. The normalized spacial score (nSPS) is 10.4. The Balaban J connectivity index is 3.17. The van der Waals surface area contributed by atoms with Crippen molar-refractivity contribution < 1.29 is 19.7 Å². The van der Waals surface area contributed by atoms with E-state index in [9.17, 15) is 14.9 Å². The molecule has 0 unspecified atom stereocenters. The molecule has 7 heteroatoms. The van der Waals surface area contributed by atoms with Gasteiger partial charge in [0.05, 0.1) is 17.6 Å². The van der Waals surface area contributed by atoms with Crippen molar-refractivity contribution >= 4 is 17.9 Å². The molecule has 0 saturated heterocycles. The average Bonchev–Trinajstić information content (AvgIpc) is 2.35. The van der Waals surface area contributed by atoms with Crippen LogP contribution in [0.5, 0.6) is 0 Å². The largest absolute Gasteiger partial charge is 0.465 e. The Kier molecular flexibility index (Phi) is 4.15. The molecule has 1 N–H and O–H groups in total. The van der Waals surface area contributed by atoms with E-state index in [0.29, 0.717) is 5.56 Å². The topological polar surface area (TPSA) is 102 Å². The second-order valence-corrected chi connectivity index (χ2v) is 3.09. The minimum Gasteiger partial charge on any atom is -0.465 e. The monoisotopic (exact) mass is 238 g/mol. The predicted octanol–water partition coefficient (Wildman–Crippen LogP) is 1.38. The number of carbonyl (C=O) groups is 1. The Morgan fingerprint density at radius 3 is 2.88 bits per heavy atom. The molecule has 0 heterocycles. The van der Waals surface area contributed by atoms with E-state index in [2.05, 4.69) is 9.89 Å². The van der Waals surface area contributed by atoms with Crippen molar-refractivity contribution in [3.05, 3.63) is 39.4 Å². The number of benzene rings is 1. The first-order valence-corrected chi connectivity index (χ1v) is 4.61. The summed E-state index contributed by atoms with van der Waals surface area (Å²) < 4.78 is 4.46. The molecule has 0 aliphatic heterocycles. The summed E-state index contributed by atoms with van der Waals surface area (Å²) in [6.07, 6.45) is 1.23. The van der Waals surface area contributed by atoms with E-state index in [1.807, 2.05) is 0 Å². The molecule has 0 radical (unpaired) electrons. The Hall–Kier alpha value is -2.44. The van der Waals surface area contributed by atoms with Crippen molar-refractivity contribution in [2.75, 3.05) is 7.11 Å². The lowest BCUT2D eigenvalue weighted by Crippen LogP contribution is -2.04. The maximum Gasteiger partial charge on any atom is 0.338 e. The number of ether oxygens (including phenoxy) is 1. The van der Waals surface area contributed by atoms with Crippen LogP contribution < -0.4 is 0 Å². The fraction of sp³-hybridized carbons (Fsp3) is 0.200. The maximum atomic E-state index is 11.2. The average molecular weight is 238 g/mol. The van der Waals surface area contributed by atoms with Gasteiger partial charge in [0.1, 0.15) is 0 Å². The fourth-order valence-corrected chi connectivity index (χ4v) is 1.29. The van der Waals surface area contributed by atoms with E-state index in [-0.39, 0.29) is 17.7 Å². The van der Waals surface area contributed by atoms with E-state index in [0.717, 1.165) is 12.3 Å². The highest BCUT2D eigenvalue weighted by atomic mass is 16.6. The first-order valence-electron chi connectivity index (χ1n) is 4.61. The zero-order valence-corrected chi connectivity index (χ0v) is 8.99. The summed E-state index contributed by atoms with van der Waals surface area (Å²) in [4.78, 5) is 21.4. The van der Waals surface area contributed by atoms with Crippen LogP contribution >= 0.6 is 0 Å². The molecule has 0 atom stereocenters. The lowest BCUT2D eigenvalue weighted by Gasteiger charge is -2.02. The number of nitro groups is 1. The van der Waals surface area contributed by atoms with Crippen molar-refractivity contribution in [2.24, 2.45) is 5.16 Å². The number of hydrogen-bond acceptors (Lipinski definition) is 6. The molecular weight excluding hydrogens is 228 g/mol. The molecule has 7 nitrogen and oxygen atoms in total. The molecule has 0 amide bonds. The van der Waals surface area contributed by atoms with Gasteiger partial charge in [-0.25, -0.2) is 4.79 Å². The molecule has 90 valence electrons. The Labute approximate surface area is 96.5 Å². The summed E-state index contributed by atoms with van der Waals surface area (Å²) in [6.45, 7) is 0. The third-order valence-electron chi connectivity index (χ3n) is 2.10. The van der Waals surface area contributed by atoms with Crippen molar-refractivity contribution in [2.45, 2.75) is 6.42 Å². The van der Waals surface area contributed by atoms with Crippen LogP contribution in [0.15, 0.2) is 23.4 Å². The van der Waals surface area contributed by atoms with E-state index in [4.69, 9.17) is 5.21 Å². The van der Waals surface area contributed by atoms with Crippen LogP contribution in [0, 0.1) is 10.1 Å². The number of carbonyl (C=O) groups excluding carboxylic acids is 1. The van der Waals surface area contributed by atoms with Crippen LogP contribution in [0.3, 0.4) is 0 Å². The number of hydrogen-bond donors (Lipinski definition) is 1. The standard InChI is InChI=1S/C10H10N2O5/c1-17-10(13)8-3-2-7(4-5-11-14)9(6-8)12(15)16/h2-3,5-6,14H,4H2,1H3. The maximum absolute atomic E-state index is 11.2. The lowest BCUT2D eigenvalue weighted by atomic mass is 10.1. The van der Waals surface area contributed by atoms with Gasteiger partial charge in [-0.3, -0.25) is 10.1 Å². The number of nitrogens with zero attached hydrogens (tertiary/aromatic N) is 2. The molecule has 0 spiro atoms. The minimum absolute atomic E-state index is 0.101. The van der Waals surface area contributed by atoms with Crippen LogP contribution in [-0.2, 0) is 11.2 Å². The van der Waals surface area contributed by atoms with Gasteiger partial charge in [-0.2, -0.15) is 0 Å². The summed E-state index contributed by atoms with van der Waals surface area (Å²) in [5.41, 5.74) is 0.233. The van der Waals surface area contributed by atoms with Gasteiger partial charge in [0, 0.05) is 24.3 Å². The third-order valence-corrected chi connectivity index (χ3v) is 2.10. The third kappa shape index (κ3) is 3.00. The first-order chi connectivity index (χ1) is 8.10. The van der Waals surface area contributed by atoms with E-state index in [1.165, 1.54) is 19.2 Å². The zero-order chi connectivity index (χ0) is 12.8. The molecular formula is C10H10N2O5. The van der Waals surface area contributed by atoms with Crippen LogP contribution in [0.1, 0.15) is 15.9 Å². The second kappa shape index (κ2) is 5.59. The van der Waals surface area contributed by atoms with E-state index < -0.39 is 10.9 Å². The molecule has 1 aromatic carbocycles. The number of rotatable bonds is 4. The molecule has 0 fully saturated rings. The number of methoxy groups -OCH3 is 1. The lowest BCUT2D eigenvalue weighted by molar-refractivity contribution is -0.385. The summed E-state index contributed by atoms with van der Waals surface area (Å²) in [6, 6.07) is 3.97. The number of esters is 1. The first kappa shape index (κ1) is 12.6. The highest BCUT2D eigenvalue weighted by Gasteiger charge is 2.17. The molecule has 0 aliphatic rings. The van der Waals surface area contributed by atoms with E-state index >= 15 is 0 Å². The molecule has 1 aromatic rings. The molecule has 17 heavy (non-hydrogen) atoms. The van der Waals surface area contributed by atoms with E-state index in [1.54, 1.807) is 0 Å². The van der Waals surface area contributed by atoms with Crippen molar-refractivity contribution in [1.29, 1.82) is 0 Å². The minimum atomic E-state index is -0.643. The van der Waals surface area contributed by atoms with Crippen LogP contribution in [-0.4, -0.2) is 29.4 Å². The van der Waals surface area contributed by atoms with Gasteiger partial charge in [0.15, 0.2) is 0 Å². The van der Waals surface area contributed by atoms with Crippen molar-refractivity contribution in [3.63, 3.8) is 0 Å². The van der Waals surface area contributed by atoms with Gasteiger partial charge in [-0.15, -0.1) is 5.16 Å². The highest BCUT2D eigenvalue weighted by molar-refractivity contribution is 5.90.